The van der Waals surface area contributed by atoms with E-state index in [0.717, 1.165) is 32.8 Å². The van der Waals surface area contributed by atoms with Crippen LogP contribution >= 0.6 is 11.6 Å². The molecule has 230 valence electrons. The number of nitrogens with one attached hydrogen (secondary N) is 2. The lowest BCUT2D eigenvalue weighted by molar-refractivity contribution is 0.470. The number of aromatic hydroxyl groups is 1. The van der Waals surface area contributed by atoms with E-state index >= 15 is 0 Å². The minimum Gasteiger partial charge on any atom is -0.507 e. The average Bonchev–Trinajstić information content (AvgIpc) is 3.43. The predicted molar refractivity (Wildman–Crippen MR) is 184 cm³/mol. The third-order valence-corrected chi connectivity index (χ3v) is 10.3. The van der Waals surface area contributed by atoms with Crippen LogP contribution in [0.2, 0.25) is 5.02 Å². The Balaban J connectivity index is 1.34. The number of aromatic amines is 1. The first-order valence-electron chi connectivity index (χ1n) is 14.9. The summed E-state index contributed by atoms with van der Waals surface area (Å²) in [6.45, 7) is 0.114. The standard InChI is InChI=1S/C37H30ClN3O4S/c1-41-32-18-16-26(38)22-30(32)36(42)34(37(41)43)33(24-10-3-2-4-11-24)35-29(28-13-7-8-14-31(28)40-35)19-20-39-46(44,45)27-17-15-23-9-5-6-12-25(23)21-27/h2-18,21-22,33,39-40,42H,19-20H2,1H3. The molecule has 3 N–H and O–H groups in total. The van der Waals surface area contributed by atoms with Crippen molar-refractivity contribution in [2.45, 2.75) is 17.2 Å². The van der Waals surface area contributed by atoms with Crippen LogP contribution in [0.5, 0.6) is 5.75 Å². The summed E-state index contributed by atoms with van der Waals surface area (Å²) < 4.78 is 31.1. The summed E-state index contributed by atoms with van der Waals surface area (Å²) in [6, 6.07) is 35.0. The van der Waals surface area contributed by atoms with Crippen LogP contribution in [-0.2, 0) is 23.5 Å². The molecule has 0 radical (unpaired) electrons. The molecule has 0 fully saturated rings. The fourth-order valence-corrected chi connectivity index (χ4v) is 7.61. The van der Waals surface area contributed by atoms with Gasteiger partial charge in [-0.2, -0.15) is 0 Å². The Bertz CT molecular complexity index is 2440. The van der Waals surface area contributed by atoms with Crippen molar-refractivity contribution in [3.8, 4) is 5.75 Å². The van der Waals surface area contributed by atoms with Crippen LogP contribution in [0.4, 0.5) is 0 Å². The quantitative estimate of drug-likeness (QED) is 0.162. The molecule has 9 heteroatoms. The molecule has 0 spiro atoms. The predicted octanol–water partition coefficient (Wildman–Crippen LogP) is 7.23. The number of nitrogens with zero attached hydrogens (tertiary/aromatic N) is 1. The molecule has 1 unspecified atom stereocenters. The Kier molecular flexibility index (Phi) is 7.64. The number of aromatic nitrogens is 2. The molecule has 0 aliphatic carbocycles. The van der Waals surface area contributed by atoms with Crippen molar-refractivity contribution in [2.24, 2.45) is 7.05 Å². The monoisotopic (exact) mass is 647 g/mol. The number of hydrogen-bond donors (Lipinski definition) is 3. The van der Waals surface area contributed by atoms with Crippen LogP contribution in [0.15, 0.2) is 125 Å². The van der Waals surface area contributed by atoms with Crippen molar-refractivity contribution in [2.75, 3.05) is 6.54 Å². The van der Waals surface area contributed by atoms with Crippen LogP contribution in [0.25, 0.3) is 32.6 Å². The zero-order valence-corrected chi connectivity index (χ0v) is 26.4. The number of aryl methyl sites for hydroxylation is 1. The van der Waals surface area contributed by atoms with Gasteiger partial charge in [0.1, 0.15) is 5.75 Å². The smallest absolute Gasteiger partial charge is 0.258 e. The number of H-pyrrole nitrogens is 1. The SMILES string of the molecule is Cn1c(=O)c(C(c2ccccc2)c2[nH]c3ccccc3c2CCNS(=O)(=O)c2ccc3ccccc3c2)c(O)c2cc(Cl)ccc21. The number of pyridine rings is 1. The zero-order chi connectivity index (χ0) is 32.0. The zero-order valence-electron chi connectivity index (χ0n) is 24.9. The average molecular weight is 648 g/mol. The summed E-state index contributed by atoms with van der Waals surface area (Å²) in [7, 11) is -2.13. The summed E-state index contributed by atoms with van der Waals surface area (Å²) >= 11 is 6.33. The summed E-state index contributed by atoms with van der Waals surface area (Å²) in [5.41, 5.74) is 3.59. The molecular weight excluding hydrogens is 618 g/mol. The third-order valence-electron chi connectivity index (χ3n) is 8.62. The highest BCUT2D eigenvalue weighted by atomic mass is 35.5. The van der Waals surface area contributed by atoms with Crippen LogP contribution in [0.3, 0.4) is 0 Å². The van der Waals surface area contributed by atoms with Gasteiger partial charge in [0.05, 0.1) is 21.9 Å². The first-order valence-corrected chi connectivity index (χ1v) is 16.7. The first-order chi connectivity index (χ1) is 22.2. The second-order valence-electron chi connectivity index (χ2n) is 11.4. The molecule has 2 heterocycles. The first kappa shape index (κ1) is 29.8. The molecular formula is C37H30ClN3O4S. The van der Waals surface area contributed by atoms with Gasteiger partial charge in [-0.25, -0.2) is 13.1 Å². The molecule has 46 heavy (non-hydrogen) atoms. The van der Waals surface area contributed by atoms with Gasteiger partial charge < -0.3 is 14.7 Å². The molecule has 0 saturated heterocycles. The number of sulfonamides is 1. The highest BCUT2D eigenvalue weighted by molar-refractivity contribution is 7.89. The van der Waals surface area contributed by atoms with E-state index in [-0.39, 0.29) is 28.3 Å². The Morgan fingerprint density at radius 3 is 2.37 bits per heavy atom. The van der Waals surface area contributed by atoms with Gasteiger partial charge in [0.2, 0.25) is 10.0 Å². The van der Waals surface area contributed by atoms with Crippen LogP contribution in [0, 0.1) is 0 Å². The molecule has 0 bridgehead atoms. The van der Waals surface area contributed by atoms with Crippen LogP contribution in [-0.4, -0.2) is 29.6 Å². The van der Waals surface area contributed by atoms with Gasteiger partial charge in [-0.3, -0.25) is 4.79 Å². The Hall–Kier alpha value is -4.89. The highest BCUT2D eigenvalue weighted by Crippen LogP contribution is 2.41. The van der Waals surface area contributed by atoms with Crippen molar-refractivity contribution in [1.82, 2.24) is 14.3 Å². The number of hydrogen-bond acceptors (Lipinski definition) is 4. The topological polar surface area (TPSA) is 104 Å². The Morgan fingerprint density at radius 1 is 0.848 bits per heavy atom. The maximum absolute atomic E-state index is 14.1. The molecule has 0 aliphatic heterocycles. The van der Waals surface area contributed by atoms with Gasteiger partial charge in [0.25, 0.3) is 5.56 Å². The summed E-state index contributed by atoms with van der Waals surface area (Å²) in [5.74, 6) is -0.834. The molecule has 2 aromatic heterocycles. The molecule has 5 aromatic carbocycles. The minimum absolute atomic E-state index is 0.114. The molecule has 7 rings (SSSR count). The molecule has 0 amide bonds. The molecule has 0 saturated carbocycles. The second kappa shape index (κ2) is 11.8. The number of fused-ring (bicyclic) bond motifs is 3. The van der Waals surface area contributed by atoms with Crippen LogP contribution < -0.4 is 10.3 Å². The number of rotatable bonds is 8. The van der Waals surface area contributed by atoms with E-state index in [2.05, 4.69) is 9.71 Å². The summed E-state index contributed by atoms with van der Waals surface area (Å²) in [4.78, 5) is 17.8. The van der Waals surface area contributed by atoms with E-state index in [0.29, 0.717) is 28.0 Å². The van der Waals surface area contributed by atoms with E-state index in [1.54, 1.807) is 43.4 Å². The van der Waals surface area contributed by atoms with Crippen molar-refractivity contribution in [1.29, 1.82) is 0 Å². The lowest BCUT2D eigenvalue weighted by Crippen LogP contribution is -2.27. The number of para-hydroxylation sites is 1. The second-order valence-corrected chi connectivity index (χ2v) is 13.6. The van der Waals surface area contributed by atoms with Crippen LogP contribution in [0.1, 0.15) is 28.3 Å². The van der Waals surface area contributed by atoms with Gasteiger partial charge >= 0.3 is 0 Å². The van der Waals surface area contributed by atoms with E-state index in [1.807, 2.05) is 78.9 Å². The molecule has 0 aliphatic rings. The lowest BCUT2D eigenvalue weighted by atomic mass is 9.85. The minimum atomic E-state index is -3.81. The fraction of sp³-hybridized carbons (Fsp3) is 0.108. The fourth-order valence-electron chi connectivity index (χ4n) is 6.38. The normalized spacial score (nSPS) is 12.7. The Labute approximate surface area is 270 Å². The maximum Gasteiger partial charge on any atom is 0.258 e. The molecule has 1 atom stereocenters. The van der Waals surface area contributed by atoms with Crippen molar-refractivity contribution < 1.29 is 13.5 Å². The molecule has 7 nitrogen and oxygen atoms in total. The van der Waals surface area contributed by atoms with Gasteiger partial charge in [0.15, 0.2) is 0 Å². The molecule has 7 aromatic rings. The van der Waals surface area contributed by atoms with E-state index < -0.39 is 15.9 Å². The summed E-state index contributed by atoms with van der Waals surface area (Å²) in [5, 5.41) is 15.4. The van der Waals surface area contributed by atoms with E-state index in [9.17, 15) is 18.3 Å². The Morgan fingerprint density at radius 2 is 1.57 bits per heavy atom. The number of halogens is 1. The third kappa shape index (κ3) is 5.24. The van der Waals surface area contributed by atoms with Gasteiger partial charge in [-0.1, -0.05) is 90.5 Å². The van der Waals surface area contributed by atoms with Crippen molar-refractivity contribution >= 4 is 54.2 Å². The van der Waals surface area contributed by atoms with Gasteiger partial charge in [-0.05, 0) is 64.7 Å². The van der Waals surface area contributed by atoms with Crippen molar-refractivity contribution in [3.05, 3.63) is 153 Å². The van der Waals surface area contributed by atoms with Gasteiger partial charge in [0, 0.05) is 40.6 Å². The van der Waals surface area contributed by atoms with E-state index in [4.69, 9.17) is 11.6 Å². The van der Waals surface area contributed by atoms with E-state index in [1.165, 1.54) is 4.57 Å². The van der Waals surface area contributed by atoms with Crippen molar-refractivity contribution in [3.63, 3.8) is 0 Å². The largest absolute Gasteiger partial charge is 0.507 e. The lowest BCUT2D eigenvalue weighted by Gasteiger charge is -2.22. The highest BCUT2D eigenvalue weighted by Gasteiger charge is 2.30. The summed E-state index contributed by atoms with van der Waals surface area (Å²) in [6.07, 6.45) is 0.329. The maximum atomic E-state index is 14.1. The van der Waals surface area contributed by atoms with Gasteiger partial charge in [-0.15, -0.1) is 0 Å². The number of benzene rings is 5.